The van der Waals surface area contributed by atoms with Crippen LogP contribution in [0.25, 0.3) is 0 Å². The van der Waals surface area contributed by atoms with Crippen LogP contribution in [0.5, 0.6) is 0 Å². The Balaban J connectivity index is 1.90. The van der Waals surface area contributed by atoms with Gasteiger partial charge in [-0.2, -0.15) is 0 Å². The summed E-state index contributed by atoms with van der Waals surface area (Å²) >= 11 is 0. The zero-order valence-corrected chi connectivity index (χ0v) is 8.40. The average molecular weight is 214 g/mol. The molecule has 0 aromatic rings. The van der Waals surface area contributed by atoms with Crippen LogP contribution in [-0.4, -0.2) is 62.3 Å². The fourth-order valence-corrected chi connectivity index (χ4v) is 1.68. The van der Waals surface area contributed by atoms with Crippen LogP contribution in [0.1, 0.15) is 0 Å². The summed E-state index contributed by atoms with van der Waals surface area (Å²) in [6.07, 6.45) is 0. The van der Waals surface area contributed by atoms with Crippen molar-refractivity contribution in [3.63, 3.8) is 0 Å². The van der Waals surface area contributed by atoms with E-state index in [1.54, 1.807) is 0 Å². The van der Waals surface area contributed by atoms with Crippen LogP contribution in [-0.2, 0) is 19.1 Å². The van der Waals surface area contributed by atoms with Crippen molar-refractivity contribution in [3.8, 4) is 0 Å². The van der Waals surface area contributed by atoms with Crippen LogP contribution in [0.3, 0.4) is 0 Å². The third-order valence-electron chi connectivity index (χ3n) is 2.45. The van der Waals surface area contributed by atoms with Gasteiger partial charge in [0, 0.05) is 19.1 Å². The van der Waals surface area contributed by atoms with Gasteiger partial charge in [0.25, 0.3) is 11.8 Å². The Morgan fingerprint density at radius 3 is 2.60 bits per heavy atom. The highest BCUT2D eigenvalue weighted by Gasteiger charge is 2.29. The fourth-order valence-electron chi connectivity index (χ4n) is 1.68. The van der Waals surface area contributed by atoms with Gasteiger partial charge in [0.1, 0.15) is 13.2 Å². The maximum absolute atomic E-state index is 11.4. The first-order valence-corrected chi connectivity index (χ1v) is 4.99. The highest BCUT2D eigenvalue weighted by atomic mass is 16.5. The first kappa shape index (κ1) is 10.5. The van der Waals surface area contributed by atoms with Crippen molar-refractivity contribution < 1.29 is 19.1 Å². The minimum Gasteiger partial charge on any atom is -0.378 e. The predicted molar refractivity (Wildman–Crippen MR) is 50.1 cm³/mol. The molecule has 1 unspecified atom stereocenters. The maximum atomic E-state index is 11.4. The second kappa shape index (κ2) is 4.69. The van der Waals surface area contributed by atoms with Gasteiger partial charge in [0.05, 0.1) is 13.2 Å². The first-order chi connectivity index (χ1) is 7.27. The molecule has 15 heavy (non-hydrogen) atoms. The topological polar surface area (TPSA) is 67.9 Å². The molecule has 0 spiro atoms. The molecule has 0 radical (unpaired) electrons. The molecule has 2 fully saturated rings. The fraction of sp³-hybridized carbons (Fsp3) is 0.778. The van der Waals surface area contributed by atoms with E-state index in [0.717, 1.165) is 6.54 Å². The van der Waals surface area contributed by atoms with E-state index < -0.39 is 0 Å². The molecule has 2 amide bonds. The van der Waals surface area contributed by atoms with Gasteiger partial charge < -0.3 is 14.8 Å². The molecule has 0 bridgehead atoms. The molecule has 2 heterocycles. The third kappa shape index (κ3) is 2.53. The molecule has 6 nitrogen and oxygen atoms in total. The molecule has 84 valence electrons. The van der Waals surface area contributed by atoms with Crippen LogP contribution >= 0.6 is 0 Å². The highest BCUT2D eigenvalue weighted by Crippen LogP contribution is 2.04. The molecule has 1 N–H and O–H groups in total. The second-order valence-electron chi connectivity index (χ2n) is 3.62. The molecule has 0 aliphatic carbocycles. The third-order valence-corrected chi connectivity index (χ3v) is 2.45. The number of hydrogen-bond donors (Lipinski definition) is 1. The first-order valence-electron chi connectivity index (χ1n) is 4.99. The van der Waals surface area contributed by atoms with E-state index >= 15 is 0 Å². The SMILES string of the molecule is O=C1COCC(=O)N1CC1COCCN1. The zero-order valence-electron chi connectivity index (χ0n) is 8.40. The summed E-state index contributed by atoms with van der Waals surface area (Å²) in [5.41, 5.74) is 0. The van der Waals surface area contributed by atoms with Crippen molar-refractivity contribution in [2.24, 2.45) is 0 Å². The number of amides is 2. The number of carbonyl (C=O) groups excluding carboxylic acids is 2. The lowest BCUT2D eigenvalue weighted by Gasteiger charge is -2.31. The smallest absolute Gasteiger partial charge is 0.255 e. The van der Waals surface area contributed by atoms with E-state index in [0.29, 0.717) is 19.8 Å². The number of nitrogens with one attached hydrogen (secondary N) is 1. The van der Waals surface area contributed by atoms with Gasteiger partial charge in [-0.1, -0.05) is 0 Å². The van der Waals surface area contributed by atoms with Gasteiger partial charge in [-0.3, -0.25) is 14.5 Å². The lowest BCUT2D eigenvalue weighted by atomic mass is 10.2. The van der Waals surface area contributed by atoms with Gasteiger partial charge in [-0.15, -0.1) is 0 Å². The van der Waals surface area contributed by atoms with E-state index in [4.69, 9.17) is 9.47 Å². The largest absolute Gasteiger partial charge is 0.378 e. The van der Waals surface area contributed by atoms with Crippen LogP contribution < -0.4 is 5.32 Å². The number of imide groups is 1. The molecule has 2 aliphatic heterocycles. The minimum absolute atomic E-state index is 0.000677. The lowest BCUT2D eigenvalue weighted by Crippen LogP contribution is -2.54. The molecular weight excluding hydrogens is 200 g/mol. The molecule has 1 atom stereocenters. The highest BCUT2D eigenvalue weighted by molar-refractivity contribution is 5.98. The van der Waals surface area contributed by atoms with Crippen molar-refractivity contribution in [1.29, 1.82) is 0 Å². The Hall–Kier alpha value is -0.980. The van der Waals surface area contributed by atoms with E-state index in [2.05, 4.69) is 5.32 Å². The Labute approximate surface area is 87.5 Å². The number of morpholine rings is 2. The van der Waals surface area contributed by atoms with E-state index in [1.807, 2.05) is 0 Å². The normalized spacial score (nSPS) is 28.3. The van der Waals surface area contributed by atoms with Crippen LogP contribution in [0.4, 0.5) is 0 Å². The summed E-state index contributed by atoms with van der Waals surface area (Å²) in [7, 11) is 0. The second-order valence-corrected chi connectivity index (χ2v) is 3.62. The Bertz CT molecular complexity index is 247. The van der Waals surface area contributed by atoms with Crippen molar-refractivity contribution in [1.82, 2.24) is 10.2 Å². The van der Waals surface area contributed by atoms with Crippen molar-refractivity contribution in [2.75, 3.05) is 39.5 Å². The van der Waals surface area contributed by atoms with Crippen LogP contribution in [0, 0.1) is 0 Å². The molecule has 2 aliphatic rings. The zero-order chi connectivity index (χ0) is 10.7. The summed E-state index contributed by atoms with van der Waals surface area (Å²) in [4.78, 5) is 24.0. The quantitative estimate of drug-likeness (QED) is 0.558. The predicted octanol–water partition coefficient (Wildman–Crippen LogP) is -1.64. The monoisotopic (exact) mass is 214 g/mol. The van der Waals surface area contributed by atoms with Gasteiger partial charge in [-0.05, 0) is 0 Å². The van der Waals surface area contributed by atoms with Crippen molar-refractivity contribution >= 4 is 11.8 Å². The number of hydrogen-bond acceptors (Lipinski definition) is 5. The Morgan fingerprint density at radius 2 is 2.00 bits per heavy atom. The van der Waals surface area contributed by atoms with Gasteiger partial charge in [0.2, 0.25) is 0 Å². The van der Waals surface area contributed by atoms with Crippen LogP contribution in [0.15, 0.2) is 0 Å². The van der Waals surface area contributed by atoms with Crippen molar-refractivity contribution in [3.05, 3.63) is 0 Å². The standard InChI is InChI=1S/C9H14N2O4/c12-8-5-15-6-9(13)11(8)3-7-4-14-2-1-10-7/h7,10H,1-6H2. The molecule has 0 aromatic heterocycles. The van der Waals surface area contributed by atoms with Crippen LogP contribution in [0.2, 0.25) is 0 Å². The Kier molecular flexibility index (Phi) is 3.30. The summed E-state index contributed by atoms with van der Waals surface area (Å²) in [6, 6.07) is 0.0461. The number of rotatable bonds is 2. The summed E-state index contributed by atoms with van der Waals surface area (Å²) in [6.45, 7) is 2.36. The number of nitrogens with zero attached hydrogens (tertiary/aromatic N) is 1. The molecule has 2 rings (SSSR count). The molecule has 0 aromatic carbocycles. The molecule has 2 saturated heterocycles. The Morgan fingerprint density at radius 1 is 1.27 bits per heavy atom. The van der Waals surface area contributed by atoms with E-state index in [9.17, 15) is 9.59 Å². The summed E-state index contributed by atoms with van der Waals surface area (Å²) < 4.78 is 10.1. The molecule has 0 saturated carbocycles. The molecule has 6 heteroatoms. The average Bonchev–Trinajstić information content (AvgIpc) is 2.25. The summed E-state index contributed by atoms with van der Waals surface area (Å²) in [5.74, 6) is -0.530. The van der Waals surface area contributed by atoms with Gasteiger partial charge in [0.15, 0.2) is 0 Å². The number of carbonyl (C=O) groups is 2. The molecular formula is C9H14N2O4. The van der Waals surface area contributed by atoms with Gasteiger partial charge >= 0.3 is 0 Å². The lowest BCUT2D eigenvalue weighted by molar-refractivity contribution is -0.159. The summed E-state index contributed by atoms with van der Waals surface area (Å²) in [5, 5.41) is 3.20. The number of ether oxygens (including phenoxy) is 2. The van der Waals surface area contributed by atoms with E-state index in [1.165, 1.54) is 4.90 Å². The maximum Gasteiger partial charge on any atom is 0.255 e. The van der Waals surface area contributed by atoms with E-state index in [-0.39, 0.29) is 31.1 Å². The minimum atomic E-state index is -0.265. The van der Waals surface area contributed by atoms with Gasteiger partial charge in [-0.25, -0.2) is 0 Å². The van der Waals surface area contributed by atoms with Crippen molar-refractivity contribution in [2.45, 2.75) is 6.04 Å².